The van der Waals surface area contributed by atoms with Gasteiger partial charge in [0.2, 0.25) is 11.8 Å². The molecule has 0 spiro atoms. The summed E-state index contributed by atoms with van der Waals surface area (Å²) in [7, 11) is 0. The SMILES string of the molecule is CSc1ccccc1NC(=O)CCN1CCN(CC(=O)N2CCCCC2C)CC1. The third-order valence-electron chi connectivity index (χ3n) is 5.98. The molecule has 2 heterocycles. The number of rotatable bonds is 7. The van der Waals surface area contributed by atoms with Gasteiger partial charge in [0.1, 0.15) is 0 Å². The maximum Gasteiger partial charge on any atom is 0.236 e. The molecule has 29 heavy (non-hydrogen) atoms. The lowest BCUT2D eigenvalue weighted by Crippen LogP contribution is -2.52. The van der Waals surface area contributed by atoms with Crippen LogP contribution in [-0.2, 0) is 9.59 Å². The van der Waals surface area contributed by atoms with Crippen molar-refractivity contribution < 1.29 is 9.59 Å². The molecule has 0 saturated carbocycles. The number of piperazine rings is 1. The first kappa shape index (κ1) is 22.1. The molecular weight excluding hydrogens is 384 g/mol. The van der Waals surface area contributed by atoms with Gasteiger partial charge in [-0.1, -0.05) is 12.1 Å². The van der Waals surface area contributed by atoms with E-state index < -0.39 is 0 Å². The van der Waals surface area contributed by atoms with Gasteiger partial charge < -0.3 is 15.1 Å². The van der Waals surface area contributed by atoms with E-state index >= 15 is 0 Å². The van der Waals surface area contributed by atoms with Crippen LogP contribution in [0.2, 0.25) is 0 Å². The van der Waals surface area contributed by atoms with Crippen molar-refractivity contribution in [3.63, 3.8) is 0 Å². The van der Waals surface area contributed by atoms with Gasteiger partial charge in [-0.3, -0.25) is 14.5 Å². The first-order valence-corrected chi connectivity index (χ1v) is 12.0. The van der Waals surface area contributed by atoms with Crippen molar-refractivity contribution in [3.05, 3.63) is 24.3 Å². The van der Waals surface area contributed by atoms with Gasteiger partial charge >= 0.3 is 0 Å². The van der Waals surface area contributed by atoms with Crippen LogP contribution in [0.1, 0.15) is 32.6 Å². The average Bonchev–Trinajstić information content (AvgIpc) is 2.74. The lowest BCUT2D eigenvalue weighted by atomic mass is 10.0. The minimum Gasteiger partial charge on any atom is -0.339 e. The molecule has 6 nitrogen and oxygen atoms in total. The first-order chi connectivity index (χ1) is 14.1. The van der Waals surface area contributed by atoms with E-state index in [2.05, 4.69) is 26.9 Å². The highest BCUT2D eigenvalue weighted by Crippen LogP contribution is 2.24. The van der Waals surface area contributed by atoms with E-state index in [0.717, 1.165) is 62.7 Å². The molecule has 0 aromatic heterocycles. The van der Waals surface area contributed by atoms with Crippen LogP contribution < -0.4 is 5.32 Å². The van der Waals surface area contributed by atoms with Gasteiger partial charge in [0.25, 0.3) is 0 Å². The fraction of sp³-hybridized carbons (Fsp3) is 0.636. The molecule has 2 aliphatic rings. The van der Waals surface area contributed by atoms with E-state index in [-0.39, 0.29) is 11.8 Å². The minimum atomic E-state index is 0.0585. The monoisotopic (exact) mass is 418 g/mol. The van der Waals surface area contributed by atoms with Crippen LogP contribution in [0.5, 0.6) is 0 Å². The van der Waals surface area contributed by atoms with Crippen molar-refractivity contribution in [2.45, 2.75) is 43.5 Å². The largest absolute Gasteiger partial charge is 0.339 e. The Morgan fingerprint density at radius 1 is 1.07 bits per heavy atom. The Labute approximate surface area is 179 Å². The molecule has 1 aromatic carbocycles. The van der Waals surface area contributed by atoms with Crippen molar-refractivity contribution in [2.75, 3.05) is 57.4 Å². The van der Waals surface area contributed by atoms with Crippen LogP contribution >= 0.6 is 11.8 Å². The highest BCUT2D eigenvalue weighted by Gasteiger charge is 2.26. The lowest BCUT2D eigenvalue weighted by molar-refractivity contribution is -0.136. The smallest absolute Gasteiger partial charge is 0.236 e. The second-order valence-electron chi connectivity index (χ2n) is 8.05. The average molecular weight is 419 g/mol. The van der Waals surface area contributed by atoms with Gasteiger partial charge in [-0.15, -0.1) is 11.8 Å². The van der Waals surface area contributed by atoms with Gasteiger partial charge in [-0.2, -0.15) is 0 Å². The number of anilines is 1. The summed E-state index contributed by atoms with van der Waals surface area (Å²) in [4.78, 5) is 32.7. The van der Waals surface area contributed by atoms with Gasteiger partial charge in [0.05, 0.1) is 12.2 Å². The first-order valence-electron chi connectivity index (χ1n) is 10.7. The highest BCUT2D eigenvalue weighted by molar-refractivity contribution is 7.98. The number of piperidine rings is 1. The van der Waals surface area contributed by atoms with E-state index in [1.54, 1.807) is 11.8 Å². The van der Waals surface area contributed by atoms with Gasteiger partial charge in [0, 0.05) is 56.6 Å². The van der Waals surface area contributed by atoms with Crippen LogP contribution in [-0.4, -0.2) is 84.6 Å². The standard InChI is InChI=1S/C22H34N4O2S/c1-18-7-5-6-11-26(18)22(28)17-25-15-13-24(14-16-25)12-10-21(27)23-19-8-3-4-9-20(19)29-2/h3-4,8-9,18H,5-7,10-17H2,1-2H3,(H,23,27). The third kappa shape index (κ3) is 6.46. The third-order valence-corrected chi connectivity index (χ3v) is 6.78. The van der Waals surface area contributed by atoms with Crippen molar-refractivity contribution >= 4 is 29.3 Å². The quantitative estimate of drug-likeness (QED) is 0.690. The second kappa shape index (κ2) is 11.0. The predicted octanol–water partition coefficient (Wildman–Crippen LogP) is 2.76. The molecule has 1 atom stereocenters. The predicted molar refractivity (Wildman–Crippen MR) is 119 cm³/mol. The minimum absolute atomic E-state index is 0.0585. The molecule has 1 aromatic rings. The summed E-state index contributed by atoms with van der Waals surface area (Å²) in [5, 5.41) is 3.03. The number of benzene rings is 1. The van der Waals surface area contributed by atoms with E-state index in [0.29, 0.717) is 19.0 Å². The fourth-order valence-corrected chi connectivity index (χ4v) is 4.70. The van der Waals surface area contributed by atoms with Gasteiger partial charge in [0.15, 0.2) is 0 Å². The molecule has 0 bridgehead atoms. The molecule has 1 unspecified atom stereocenters. The van der Waals surface area contributed by atoms with E-state index in [1.165, 1.54) is 6.42 Å². The number of carbonyl (C=O) groups excluding carboxylic acids is 2. The zero-order valence-corrected chi connectivity index (χ0v) is 18.5. The fourth-order valence-electron chi connectivity index (χ4n) is 4.14. The Morgan fingerprint density at radius 2 is 1.79 bits per heavy atom. The zero-order valence-electron chi connectivity index (χ0n) is 17.7. The van der Waals surface area contributed by atoms with E-state index in [4.69, 9.17) is 0 Å². The number of nitrogens with one attached hydrogen (secondary N) is 1. The number of hydrogen-bond acceptors (Lipinski definition) is 5. The summed E-state index contributed by atoms with van der Waals surface area (Å²) in [5.41, 5.74) is 0.889. The lowest BCUT2D eigenvalue weighted by Gasteiger charge is -2.38. The highest BCUT2D eigenvalue weighted by atomic mass is 32.2. The number of carbonyl (C=O) groups is 2. The van der Waals surface area contributed by atoms with Crippen molar-refractivity contribution in [3.8, 4) is 0 Å². The van der Waals surface area contributed by atoms with Crippen LogP contribution in [0.15, 0.2) is 29.2 Å². The van der Waals surface area contributed by atoms with E-state index in [1.807, 2.05) is 30.5 Å². The molecule has 2 saturated heterocycles. The number of nitrogens with zero attached hydrogens (tertiary/aromatic N) is 3. The van der Waals surface area contributed by atoms with Crippen molar-refractivity contribution in [1.29, 1.82) is 0 Å². The molecule has 0 aliphatic carbocycles. The molecule has 2 fully saturated rings. The topological polar surface area (TPSA) is 55.9 Å². The van der Waals surface area contributed by atoms with Crippen LogP contribution in [0.4, 0.5) is 5.69 Å². The number of thioether (sulfide) groups is 1. The van der Waals surface area contributed by atoms with Crippen LogP contribution in [0, 0.1) is 0 Å². The summed E-state index contributed by atoms with van der Waals surface area (Å²) in [6, 6.07) is 8.28. The number of amides is 2. The molecule has 1 N–H and O–H groups in total. The summed E-state index contributed by atoms with van der Waals surface area (Å²) < 4.78 is 0. The summed E-state index contributed by atoms with van der Waals surface area (Å²) in [6.07, 6.45) is 6.00. The number of likely N-dealkylation sites (tertiary alicyclic amines) is 1. The van der Waals surface area contributed by atoms with Crippen LogP contribution in [0.25, 0.3) is 0 Å². The number of para-hydroxylation sites is 1. The zero-order chi connectivity index (χ0) is 20.6. The molecule has 7 heteroatoms. The van der Waals surface area contributed by atoms with Gasteiger partial charge in [-0.25, -0.2) is 0 Å². The maximum absolute atomic E-state index is 12.6. The van der Waals surface area contributed by atoms with Crippen LogP contribution in [0.3, 0.4) is 0 Å². The Bertz CT molecular complexity index is 691. The number of hydrogen-bond donors (Lipinski definition) is 1. The second-order valence-corrected chi connectivity index (χ2v) is 8.90. The molecule has 2 amide bonds. The normalized spacial score (nSPS) is 21.2. The Hall–Kier alpha value is -1.57. The molecule has 3 rings (SSSR count). The van der Waals surface area contributed by atoms with E-state index in [9.17, 15) is 9.59 Å². The molecule has 160 valence electrons. The molecular formula is C22H34N4O2S. The summed E-state index contributed by atoms with van der Waals surface area (Å²) in [5.74, 6) is 0.334. The Kier molecular flexibility index (Phi) is 8.39. The molecule has 0 radical (unpaired) electrons. The van der Waals surface area contributed by atoms with Crippen molar-refractivity contribution in [1.82, 2.24) is 14.7 Å². The molecule has 2 aliphatic heterocycles. The summed E-state index contributed by atoms with van der Waals surface area (Å²) >= 11 is 1.64. The summed E-state index contributed by atoms with van der Waals surface area (Å²) in [6.45, 7) is 7.99. The maximum atomic E-state index is 12.6. The Morgan fingerprint density at radius 3 is 2.52 bits per heavy atom. The Balaban J connectivity index is 1.36. The van der Waals surface area contributed by atoms with Gasteiger partial charge in [-0.05, 0) is 44.6 Å². The van der Waals surface area contributed by atoms with Crippen molar-refractivity contribution in [2.24, 2.45) is 0 Å².